The summed E-state index contributed by atoms with van der Waals surface area (Å²) in [6.45, 7) is 0. The summed E-state index contributed by atoms with van der Waals surface area (Å²) in [5, 5.41) is 0. The molecule has 0 aromatic rings. The maximum absolute atomic E-state index is 0. The fourth-order valence-electron chi connectivity index (χ4n) is 0. The van der Waals surface area contributed by atoms with Gasteiger partial charge in [0.25, 0.3) is 0 Å². The fourth-order valence-corrected chi connectivity index (χ4v) is 0. The zero-order valence-corrected chi connectivity index (χ0v) is 13.4. The molecular weight excluding hydrogens is 455 g/mol. The van der Waals surface area contributed by atoms with Crippen molar-refractivity contribution in [2.24, 2.45) is 0 Å². The normalized spacial score (nSPS) is 0. The van der Waals surface area contributed by atoms with Crippen LogP contribution in [0.2, 0.25) is 0 Å². The van der Waals surface area contributed by atoms with Crippen LogP contribution in [0.15, 0.2) is 0 Å². The predicted octanol–water partition coefficient (Wildman–Crippen LogP) is -3.82. The molecule has 0 radical (unpaired) electrons. The molecule has 0 aliphatic rings. The Morgan fingerprint density at radius 2 is 1.00 bits per heavy atom. The topological polar surface area (TPSA) is 0 Å². The van der Waals surface area contributed by atoms with Gasteiger partial charge >= 0.3 is 50.6 Å². The van der Waals surface area contributed by atoms with Gasteiger partial charge in [0.15, 0.2) is 0 Å². The van der Waals surface area contributed by atoms with E-state index < -0.39 is 0 Å². The Hall–Kier alpha value is 2.61. The van der Waals surface area contributed by atoms with E-state index in [0.29, 0.717) is 0 Å². The van der Waals surface area contributed by atoms with E-state index in [2.05, 4.69) is 0 Å². The summed E-state index contributed by atoms with van der Waals surface area (Å²) < 4.78 is 0. The molecule has 0 nitrogen and oxygen atoms in total. The van der Waals surface area contributed by atoms with E-state index in [4.69, 9.17) is 0 Å². The van der Waals surface area contributed by atoms with Crippen LogP contribution in [0.3, 0.4) is 0 Å². The van der Waals surface area contributed by atoms with Crippen molar-refractivity contribution in [3.8, 4) is 0 Å². The number of rotatable bonds is 0. The van der Waals surface area contributed by atoms with Crippen LogP contribution in [0.4, 0.5) is 0 Å². The Labute approximate surface area is 81.3 Å². The second kappa shape index (κ2) is 17.5. The molecule has 0 saturated carbocycles. The first kappa shape index (κ1) is 30.6. The van der Waals surface area contributed by atoms with Crippen molar-refractivity contribution >= 4 is 61.6 Å². The first-order chi connectivity index (χ1) is 0. The van der Waals surface area contributed by atoms with Crippen LogP contribution in [0.5, 0.6) is 0 Å². The third kappa shape index (κ3) is 8.82. The van der Waals surface area contributed by atoms with Crippen molar-refractivity contribution in [1.82, 2.24) is 0 Å². The number of hydrogen-bond acceptors (Lipinski definition) is 0. The molecule has 0 aromatic carbocycles. The van der Waals surface area contributed by atoms with Gasteiger partial charge in [0.1, 0.15) is 0 Å². The molecule has 0 heterocycles. The van der Waals surface area contributed by atoms with E-state index in [1.54, 1.807) is 0 Å². The molecule has 0 aliphatic carbocycles. The molecule has 0 N–H and O–H groups in total. The van der Waals surface area contributed by atoms with Gasteiger partial charge < -0.3 is 0 Å². The molecule has 30 valence electrons. The smallest absolute Gasteiger partial charge is 0.0149 e. The van der Waals surface area contributed by atoms with Crippen LogP contribution >= 0.6 is 0 Å². The van der Waals surface area contributed by atoms with Gasteiger partial charge in [-0.25, -0.2) is 0 Å². The second-order valence-electron chi connectivity index (χ2n) is 0. The maximum Gasteiger partial charge on any atom is -0.0149 e. The molecule has 0 unspecified atom stereocenters. The Morgan fingerprint density at radius 1 is 1.00 bits per heavy atom. The molecule has 0 amide bonds. The van der Waals surface area contributed by atoms with Crippen LogP contribution in [0, 0.1) is 0 Å². The van der Waals surface area contributed by atoms with Gasteiger partial charge in [0.2, 0.25) is 0 Å². The van der Waals surface area contributed by atoms with E-state index >= 15 is 0 Å². The van der Waals surface area contributed by atoms with Crippen LogP contribution in [-0.2, 0) is 21.1 Å². The molecule has 0 fully saturated rings. The zero-order valence-electron chi connectivity index (χ0n) is 1.82. The van der Waals surface area contributed by atoms with Gasteiger partial charge in [-0.15, -0.1) is 0 Å². The van der Waals surface area contributed by atoms with Crippen molar-refractivity contribution in [2.45, 2.75) is 0 Å². The van der Waals surface area contributed by atoms with Gasteiger partial charge in [-0.3, -0.25) is 0 Å². The van der Waals surface area contributed by atoms with Gasteiger partial charge in [-0.1, -0.05) is 0 Å². The van der Waals surface area contributed by atoms with E-state index in [-0.39, 0.29) is 82.7 Å². The minimum absolute atomic E-state index is 0. The Kier molecular flexibility index (Phi) is 134. The second-order valence-corrected chi connectivity index (χ2v) is 0. The van der Waals surface area contributed by atoms with Gasteiger partial charge in [0, 0.05) is 21.1 Å². The van der Waals surface area contributed by atoms with Gasteiger partial charge in [0.05, 0.1) is 0 Å². The van der Waals surface area contributed by atoms with E-state index in [9.17, 15) is 0 Å². The minimum atomic E-state index is 0. The monoisotopic (exact) mass is 466 g/mol. The molecule has 0 bridgehead atoms. The largest absolute Gasteiger partial charge is 0.0149 e. The molecule has 0 atom stereocenters. The maximum atomic E-state index is 0. The van der Waals surface area contributed by atoms with Crippen LogP contribution in [0.25, 0.3) is 0 Å². The van der Waals surface area contributed by atoms with Crippen molar-refractivity contribution in [2.75, 3.05) is 0 Å². The van der Waals surface area contributed by atoms with Crippen molar-refractivity contribution in [3.63, 3.8) is 0 Å². The first-order valence-corrected chi connectivity index (χ1v) is 0. The Bertz CT molecular complexity index is 8.00. The molecule has 4 heavy (non-hydrogen) atoms. The SMILES string of the molecule is [BiH3].[Mo].[SbH3].[SiH4]. The summed E-state index contributed by atoms with van der Waals surface area (Å²) >= 11 is 0. The van der Waals surface area contributed by atoms with Gasteiger partial charge in [-0.2, -0.15) is 0 Å². The standard InChI is InChI=1S/Bi.Mo.Sb.H4Si.6H/h;;;1H4;;;;;;. The molecule has 0 aromatic heterocycles. The third-order valence-corrected chi connectivity index (χ3v) is 0. The van der Waals surface area contributed by atoms with Crippen LogP contribution in [-0.4, -0.2) is 61.6 Å². The molecule has 0 rings (SSSR count). The average Bonchev–Trinajstić information content (AvgIpc) is 0. The summed E-state index contributed by atoms with van der Waals surface area (Å²) in [4.78, 5) is 0. The van der Waals surface area contributed by atoms with Crippen LogP contribution in [0.1, 0.15) is 0 Å². The summed E-state index contributed by atoms with van der Waals surface area (Å²) in [5.41, 5.74) is 0. The average molecular weight is 465 g/mol. The van der Waals surface area contributed by atoms with E-state index in [1.165, 1.54) is 0 Å². The first-order valence-electron chi connectivity index (χ1n) is 0. The zero-order chi connectivity index (χ0) is 0. The van der Waals surface area contributed by atoms with Crippen molar-refractivity contribution in [1.29, 1.82) is 0 Å². The quantitative estimate of drug-likeness (QED) is 0.323. The van der Waals surface area contributed by atoms with Crippen molar-refractivity contribution < 1.29 is 21.1 Å². The fraction of sp³-hybridized carbons (Fsp3) is 0. The summed E-state index contributed by atoms with van der Waals surface area (Å²) in [5.74, 6) is 0. The van der Waals surface area contributed by atoms with Crippen LogP contribution < -0.4 is 0 Å². The Balaban J connectivity index is 0. The molecule has 4 heteroatoms. The predicted molar refractivity (Wildman–Crippen MR) is 31.2 cm³/mol. The minimum Gasteiger partial charge on any atom is -0.0149 e. The van der Waals surface area contributed by atoms with Gasteiger partial charge in [-0.05, 0) is 11.0 Å². The molecule has 0 aliphatic heterocycles. The summed E-state index contributed by atoms with van der Waals surface area (Å²) in [6, 6.07) is 0. The van der Waals surface area contributed by atoms with E-state index in [1.807, 2.05) is 0 Å². The van der Waals surface area contributed by atoms with E-state index in [0.717, 1.165) is 0 Å². The molecule has 0 spiro atoms. The Morgan fingerprint density at radius 3 is 1.00 bits per heavy atom. The van der Waals surface area contributed by atoms with Crippen molar-refractivity contribution in [3.05, 3.63) is 0 Å². The number of hydrogen-bond donors (Lipinski definition) is 0. The third-order valence-electron chi connectivity index (χ3n) is 0. The summed E-state index contributed by atoms with van der Waals surface area (Å²) in [6.07, 6.45) is 0. The molecular formula is H10BiMoSbSi. The molecule has 0 saturated heterocycles. The summed E-state index contributed by atoms with van der Waals surface area (Å²) in [7, 11) is 0.